The highest BCUT2D eigenvalue weighted by Crippen LogP contribution is 2.46. The third kappa shape index (κ3) is 12.2. The zero-order valence-electron chi connectivity index (χ0n) is 22.6. The number of oxazole rings is 1. The number of aliphatic hydroxyl groups is 1. The third-order valence-electron chi connectivity index (χ3n) is 5.38. The first-order valence-corrected chi connectivity index (χ1v) is 18.6. The molecule has 0 amide bonds. The smallest absolute Gasteiger partial charge is 0.407 e. The van der Waals surface area contributed by atoms with Crippen LogP contribution in [0.15, 0.2) is 74.8 Å². The molecule has 0 saturated heterocycles. The first kappa shape index (κ1) is 39.5. The van der Waals surface area contributed by atoms with Gasteiger partial charge < -0.3 is 14.3 Å². The second kappa shape index (κ2) is 17.7. The van der Waals surface area contributed by atoms with Crippen molar-refractivity contribution in [2.75, 3.05) is 10.2 Å². The number of hydrogen-bond acceptors (Lipinski definition) is 8. The number of para-hydroxylation sites is 3. The highest BCUT2D eigenvalue weighted by molar-refractivity contribution is 8.06. The average Bonchev–Trinajstić information content (AvgIpc) is 3.44. The predicted molar refractivity (Wildman–Crippen MR) is 194 cm³/mol. The van der Waals surface area contributed by atoms with Crippen LogP contribution < -0.4 is 10.1 Å². The monoisotopic (exact) mass is 852 g/mol. The van der Waals surface area contributed by atoms with Crippen LogP contribution >= 0.6 is 128 Å². The molecule has 1 aliphatic heterocycles. The molecule has 45 heavy (non-hydrogen) atoms. The van der Waals surface area contributed by atoms with E-state index in [0.29, 0.717) is 44.0 Å². The lowest BCUT2D eigenvalue weighted by atomic mass is 10.2. The molecule has 1 aromatic heterocycles. The van der Waals surface area contributed by atoms with Gasteiger partial charge in [-0.25, -0.2) is 8.77 Å². The molecule has 19 heteroatoms. The van der Waals surface area contributed by atoms with E-state index < -0.39 is 29.1 Å². The molecule has 2 atom stereocenters. The summed E-state index contributed by atoms with van der Waals surface area (Å²) < 4.78 is 21.7. The molecule has 0 aliphatic carbocycles. The number of aromatic nitrogens is 1. The topological polar surface area (TPSA) is 84.9 Å². The van der Waals surface area contributed by atoms with Gasteiger partial charge in [0.2, 0.25) is 0 Å². The number of rotatable bonds is 6. The molecule has 2 unspecified atom stereocenters. The Morgan fingerprint density at radius 2 is 1.53 bits per heavy atom. The number of aliphatic hydroxyl groups excluding tert-OH is 1. The Kier molecular flexibility index (Phi) is 15.5. The van der Waals surface area contributed by atoms with Crippen molar-refractivity contribution in [3.05, 3.63) is 91.8 Å². The summed E-state index contributed by atoms with van der Waals surface area (Å²) in [5.41, 5.74) is 2.49. The zero-order valence-corrected chi connectivity index (χ0v) is 31.8. The van der Waals surface area contributed by atoms with E-state index in [0.717, 1.165) is 34.5 Å². The van der Waals surface area contributed by atoms with Crippen molar-refractivity contribution in [1.29, 1.82) is 0 Å². The fraction of sp³-hybridized carbons (Fsp3) is 0.269. The quantitative estimate of drug-likeness (QED) is 0.0888. The lowest BCUT2D eigenvalue weighted by Gasteiger charge is -2.20. The largest absolute Gasteiger partial charge is 0.430 e. The molecule has 0 fully saturated rings. The van der Waals surface area contributed by atoms with Gasteiger partial charge in [-0.1, -0.05) is 136 Å². The van der Waals surface area contributed by atoms with Crippen molar-refractivity contribution < 1.29 is 18.5 Å². The van der Waals surface area contributed by atoms with Crippen molar-refractivity contribution in [2.45, 2.75) is 37.4 Å². The van der Waals surface area contributed by atoms with E-state index in [2.05, 4.69) is 0 Å². The van der Waals surface area contributed by atoms with Gasteiger partial charge in [-0.3, -0.25) is 8.51 Å². The maximum atomic E-state index is 11.7. The van der Waals surface area contributed by atoms with E-state index in [-0.39, 0.29) is 6.61 Å². The SMILES string of the molecule is CCC(O)OCc1c(Cl)ccc(Cl)c1Cl.O=S1CN(SC(Cl)(Cl)Cl)c2ccccc21.O=c1oc2ccccc2n1SC(Cl)(Cl)Cl. The van der Waals surface area contributed by atoms with Crippen LogP contribution in [0.2, 0.25) is 15.1 Å². The molecular weight excluding hydrogens is 836 g/mol. The number of halogens is 9. The van der Waals surface area contributed by atoms with E-state index in [4.69, 9.17) is 114 Å². The number of nitrogens with zero attached hydrogens (tertiary/aromatic N) is 2. The first-order chi connectivity index (χ1) is 21.0. The number of alkyl halides is 6. The molecule has 4 aromatic rings. The third-order valence-corrected chi connectivity index (χ3v) is 10.8. The van der Waals surface area contributed by atoms with Gasteiger partial charge in [-0.15, -0.1) is 0 Å². The van der Waals surface area contributed by atoms with E-state index in [1.807, 2.05) is 31.2 Å². The Hall–Kier alpha value is 0.110. The molecule has 0 saturated carbocycles. The van der Waals surface area contributed by atoms with Crippen molar-refractivity contribution >= 4 is 156 Å². The fourth-order valence-electron chi connectivity index (χ4n) is 3.44. The molecule has 0 bridgehead atoms. The summed E-state index contributed by atoms with van der Waals surface area (Å²) in [4.78, 5) is 12.2. The minimum absolute atomic E-state index is 0.146. The lowest BCUT2D eigenvalue weighted by Crippen LogP contribution is -2.16. The summed E-state index contributed by atoms with van der Waals surface area (Å²) in [7, 11) is -1.03. The van der Waals surface area contributed by atoms with Gasteiger partial charge >= 0.3 is 5.76 Å². The molecule has 3 aromatic carbocycles. The predicted octanol–water partition coefficient (Wildman–Crippen LogP) is 10.9. The minimum atomic E-state index is -1.60. The standard InChI is InChI=1S/C10H11Cl3O2.C8H4Cl3NO2S.C8H6Cl3NOS2/c1-2-9(14)15-5-6-7(11)3-4-8(12)10(6)13;9-8(10,11)15-12-5-3-1-2-4-6(5)14-7(12)13;9-8(10,11)14-12-5-15(13)7-4-2-1-3-6(7)12/h3-4,9,14H,2,5H2,1H3;1-4H;1-4H,5H2. The maximum Gasteiger partial charge on any atom is 0.430 e. The summed E-state index contributed by atoms with van der Waals surface area (Å²) in [6.07, 6.45) is -0.299. The first-order valence-electron chi connectivity index (χ1n) is 12.3. The van der Waals surface area contributed by atoms with Crippen molar-refractivity contribution in [3.8, 4) is 0 Å². The average molecular weight is 857 g/mol. The van der Waals surface area contributed by atoms with Crippen LogP contribution in [0.5, 0.6) is 0 Å². The summed E-state index contributed by atoms with van der Waals surface area (Å²) in [6.45, 7) is 1.96. The molecule has 1 aliphatic rings. The zero-order chi connectivity index (χ0) is 33.5. The second-order valence-electron chi connectivity index (χ2n) is 8.52. The number of hydrogen-bond donors (Lipinski definition) is 1. The highest BCUT2D eigenvalue weighted by atomic mass is 35.6. The van der Waals surface area contributed by atoms with Crippen LogP contribution in [-0.4, -0.2) is 31.7 Å². The highest BCUT2D eigenvalue weighted by Gasteiger charge is 2.32. The van der Waals surface area contributed by atoms with Gasteiger partial charge in [-0.2, -0.15) is 0 Å². The normalized spacial score (nSPS) is 15.2. The summed E-state index contributed by atoms with van der Waals surface area (Å²) in [6, 6.07) is 17.6. The second-order valence-corrected chi connectivity index (χ2v) is 19.4. The maximum absolute atomic E-state index is 11.7. The Morgan fingerprint density at radius 1 is 0.933 bits per heavy atom. The van der Waals surface area contributed by atoms with E-state index in [1.165, 1.54) is 3.97 Å². The summed E-state index contributed by atoms with van der Waals surface area (Å²) in [5, 5.41) is 10.5. The minimum Gasteiger partial charge on any atom is -0.407 e. The van der Waals surface area contributed by atoms with Gasteiger partial charge in [0.25, 0.3) is 6.25 Å². The van der Waals surface area contributed by atoms with Crippen LogP contribution in [0.1, 0.15) is 18.9 Å². The van der Waals surface area contributed by atoms with Gasteiger partial charge in [0.05, 0.1) is 38.0 Å². The summed E-state index contributed by atoms with van der Waals surface area (Å²) in [5.74, 6) is -0.203. The number of anilines is 1. The van der Waals surface area contributed by atoms with Crippen LogP contribution in [-0.2, 0) is 22.1 Å². The summed E-state index contributed by atoms with van der Waals surface area (Å²) >= 11 is 53.3. The van der Waals surface area contributed by atoms with Crippen molar-refractivity contribution in [3.63, 3.8) is 0 Å². The van der Waals surface area contributed by atoms with Crippen LogP contribution in [0.4, 0.5) is 5.69 Å². The fourth-order valence-corrected chi connectivity index (χ4v) is 8.23. The molecule has 0 radical (unpaired) electrons. The Morgan fingerprint density at radius 3 is 2.18 bits per heavy atom. The Balaban J connectivity index is 0.000000184. The number of ether oxygens (including phenoxy) is 1. The van der Waals surface area contributed by atoms with Crippen molar-refractivity contribution in [2.24, 2.45) is 0 Å². The number of fused-ring (bicyclic) bond motifs is 2. The molecule has 5 rings (SSSR count). The molecule has 0 spiro atoms. The molecule has 7 nitrogen and oxygen atoms in total. The Bertz CT molecular complexity index is 1680. The van der Waals surface area contributed by atoms with E-state index >= 15 is 0 Å². The van der Waals surface area contributed by atoms with E-state index in [9.17, 15) is 14.1 Å². The Labute approximate surface area is 314 Å². The lowest BCUT2D eigenvalue weighted by molar-refractivity contribution is -0.109. The molecule has 2 heterocycles. The molecule has 246 valence electrons. The van der Waals surface area contributed by atoms with Crippen LogP contribution in [0.3, 0.4) is 0 Å². The van der Waals surface area contributed by atoms with Gasteiger partial charge in [-0.05, 0) is 42.8 Å². The number of benzene rings is 3. The molecule has 1 N–H and O–H groups in total. The van der Waals surface area contributed by atoms with Gasteiger partial charge in [0.15, 0.2) is 11.9 Å². The van der Waals surface area contributed by atoms with Crippen LogP contribution in [0, 0.1) is 0 Å². The van der Waals surface area contributed by atoms with Crippen molar-refractivity contribution in [1.82, 2.24) is 3.97 Å². The van der Waals surface area contributed by atoms with E-state index in [1.54, 1.807) is 40.7 Å². The van der Waals surface area contributed by atoms with Crippen LogP contribution in [0.25, 0.3) is 11.1 Å². The van der Waals surface area contributed by atoms with Gasteiger partial charge in [0.1, 0.15) is 11.4 Å². The molecular formula is C26H21Cl9N2O5S3. The van der Waals surface area contributed by atoms with Gasteiger partial charge in [0, 0.05) is 34.5 Å².